The van der Waals surface area contributed by atoms with Crippen molar-refractivity contribution in [3.05, 3.63) is 59.7 Å². The van der Waals surface area contributed by atoms with E-state index in [-0.39, 0.29) is 12.5 Å². The Morgan fingerprint density at radius 3 is 2.19 bits per heavy atom. The minimum atomic E-state index is -1.19. The fourth-order valence-corrected chi connectivity index (χ4v) is 4.16. The number of nitrogens with one attached hydrogen (secondary N) is 1. The van der Waals surface area contributed by atoms with Crippen LogP contribution in [0.15, 0.2) is 48.5 Å². The van der Waals surface area contributed by atoms with E-state index in [1.165, 1.54) is 4.90 Å². The van der Waals surface area contributed by atoms with Crippen LogP contribution in [-0.2, 0) is 19.1 Å². The summed E-state index contributed by atoms with van der Waals surface area (Å²) in [5.41, 5.74) is 4.36. The molecule has 2 amide bonds. The van der Waals surface area contributed by atoms with Gasteiger partial charge in [0.2, 0.25) is 5.91 Å². The molecule has 2 N–H and O–H groups in total. The molecule has 0 saturated carbocycles. The molecule has 31 heavy (non-hydrogen) atoms. The Morgan fingerprint density at radius 2 is 1.61 bits per heavy atom. The summed E-state index contributed by atoms with van der Waals surface area (Å²) in [4.78, 5) is 37.9. The van der Waals surface area contributed by atoms with Crippen LogP contribution in [0.5, 0.6) is 0 Å². The highest BCUT2D eigenvalue weighted by Gasteiger charge is 2.32. The van der Waals surface area contributed by atoms with Gasteiger partial charge in [-0.15, -0.1) is 0 Å². The van der Waals surface area contributed by atoms with Crippen molar-refractivity contribution < 1.29 is 29.0 Å². The topological polar surface area (TPSA) is 105 Å². The highest BCUT2D eigenvalue weighted by Crippen LogP contribution is 2.44. The number of nitrogens with zero attached hydrogens (tertiary/aromatic N) is 1. The van der Waals surface area contributed by atoms with Crippen molar-refractivity contribution in [2.24, 2.45) is 0 Å². The summed E-state index contributed by atoms with van der Waals surface area (Å²) in [5.74, 6) is -1.74. The highest BCUT2D eigenvalue weighted by atomic mass is 16.5. The van der Waals surface area contributed by atoms with Gasteiger partial charge >= 0.3 is 12.1 Å². The molecule has 1 fully saturated rings. The van der Waals surface area contributed by atoms with Crippen molar-refractivity contribution in [3.63, 3.8) is 0 Å². The first-order valence-corrected chi connectivity index (χ1v) is 10.2. The largest absolute Gasteiger partial charge is 0.481 e. The summed E-state index contributed by atoms with van der Waals surface area (Å²) in [6.45, 7) is 1.58. The summed E-state index contributed by atoms with van der Waals surface area (Å²) in [6, 6.07) is 14.7. The smallest absolute Gasteiger partial charge is 0.407 e. The Morgan fingerprint density at radius 1 is 1.03 bits per heavy atom. The average molecular weight is 424 g/mol. The second kappa shape index (κ2) is 9.18. The predicted molar refractivity (Wildman–Crippen MR) is 112 cm³/mol. The number of carbonyl (C=O) groups excluding carboxylic acids is 2. The predicted octanol–water partition coefficient (Wildman–Crippen LogP) is 2.23. The number of amides is 2. The molecule has 0 spiro atoms. The van der Waals surface area contributed by atoms with E-state index in [2.05, 4.69) is 5.32 Å². The number of benzene rings is 2. The Balaban J connectivity index is 1.43. The Kier molecular flexibility index (Phi) is 6.18. The number of morpholine rings is 1. The molecule has 0 radical (unpaired) electrons. The van der Waals surface area contributed by atoms with E-state index in [0.29, 0.717) is 26.3 Å². The fourth-order valence-electron chi connectivity index (χ4n) is 4.16. The van der Waals surface area contributed by atoms with Crippen LogP contribution in [-0.4, -0.2) is 66.9 Å². The van der Waals surface area contributed by atoms with Crippen LogP contribution in [0.25, 0.3) is 11.1 Å². The Labute approximate surface area is 179 Å². The highest BCUT2D eigenvalue weighted by molar-refractivity contribution is 5.89. The van der Waals surface area contributed by atoms with Crippen molar-refractivity contribution in [1.29, 1.82) is 0 Å². The molecule has 1 aliphatic carbocycles. The lowest BCUT2D eigenvalue weighted by atomic mass is 9.98. The van der Waals surface area contributed by atoms with Crippen LogP contribution in [0.1, 0.15) is 23.5 Å². The quantitative estimate of drug-likeness (QED) is 0.737. The van der Waals surface area contributed by atoms with E-state index in [9.17, 15) is 19.5 Å². The summed E-state index contributed by atoms with van der Waals surface area (Å²) in [5, 5.41) is 11.6. The zero-order chi connectivity index (χ0) is 21.8. The molecule has 0 bridgehead atoms. The van der Waals surface area contributed by atoms with Crippen LogP contribution in [0, 0.1) is 0 Å². The zero-order valence-electron chi connectivity index (χ0n) is 17.0. The van der Waals surface area contributed by atoms with E-state index in [1.54, 1.807) is 0 Å². The number of carbonyl (C=O) groups is 3. The standard InChI is InChI=1S/C23H24N2O6/c26-21(27)13-20(22(28)25-9-11-30-12-10-25)24-23(29)31-14-19-17-7-3-1-5-15(17)16-6-2-4-8-18(16)19/h1-8,19-20H,9-14H2,(H,24,29)(H,26,27)/t20-/m0/s1. The second-order valence-electron chi connectivity index (χ2n) is 7.56. The maximum Gasteiger partial charge on any atom is 0.407 e. The van der Waals surface area contributed by atoms with Crippen LogP contribution in [0.2, 0.25) is 0 Å². The maximum atomic E-state index is 12.7. The molecule has 1 atom stereocenters. The number of hydrogen-bond donors (Lipinski definition) is 2. The molecule has 1 aliphatic heterocycles. The lowest BCUT2D eigenvalue weighted by Gasteiger charge is -2.30. The van der Waals surface area contributed by atoms with Crippen LogP contribution in [0.4, 0.5) is 4.79 Å². The third-order valence-corrected chi connectivity index (χ3v) is 5.64. The fraction of sp³-hybridized carbons (Fsp3) is 0.348. The average Bonchev–Trinajstić information content (AvgIpc) is 3.11. The molecule has 0 unspecified atom stereocenters. The first-order valence-electron chi connectivity index (χ1n) is 10.2. The SMILES string of the molecule is O=C(O)C[C@H](NC(=O)OCC1c2ccccc2-c2ccccc21)C(=O)N1CCOCC1. The minimum Gasteiger partial charge on any atom is -0.481 e. The summed E-state index contributed by atoms with van der Waals surface area (Å²) in [7, 11) is 0. The van der Waals surface area contributed by atoms with Gasteiger partial charge in [0.1, 0.15) is 12.6 Å². The number of rotatable bonds is 6. The molecule has 4 rings (SSSR count). The van der Waals surface area contributed by atoms with Gasteiger partial charge in [0, 0.05) is 19.0 Å². The van der Waals surface area contributed by atoms with E-state index >= 15 is 0 Å². The summed E-state index contributed by atoms with van der Waals surface area (Å²) >= 11 is 0. The number of aliphatic carboxylic acids is 1. The molecule has 8 heteroatoms. The number of alkyl carbamates (subject to hydrolysis) is 1. The number of hydrogen-bond acceptors (Lipinski definition) is 5. The van der Waals surface area contributed by atoms with Crippen molar-refractivity contribution in [1.82, 2.24) is 10.2 Å². The molecule has 1 saturated heterocycles. The molecule has 1 heterocycles. The summed E-state index contributed by atoms with van der Waals surface area (Å²) < 4.78 is 10.7. The lowest BCUT2D eigenvalue weighted by Crippen LogP contribution is -2.52. The van der Waals surface area contributed by atoms with Gasteiger partial charge in [0.05, 0.1) is 19.6 Å². The normalized spacial score (nSPS) is 16.2. The first-order chi connectivity index (χ1) is 15.0. The molecule has 8 nitrogen and oxygen atoms in total. The van der Waals surface area contributed by atoms with Gasteiger partial charge in [0.15, 0.2) is 0 Å². The van der Waals surface area contributed by atoms with Crippen LogP contribution in [0.3, 0.4) is 0 Å². The van der Waals surface area contributed by atoms with Gasteiger partial charge in [-0.05, 0) is 22.3 Å². The number of carboxylic acid groups (broad SMARTS) is 1. The molecule has 2 aliphatic rings. The zero-order valence-corrected chi connectivity index (χ0v) is 17.0. The van der Waals surface area contributed by atoms with Gasteiger partial charge in [-0.2, -0.15) is 0 Å². The molecule has 2 aromatic carbocycles. The van der Waals surface area contributed by atoms with E-state index < -0.39 is 30.4 Å². The van der Waals surface area contributed by atoms with Gasteiger partial charge in [0.25, 0.3) is 0 Å². The van der Waals surface area contributed by atoms with Crippen LogP contribution >= 0.6 is 0 Å². The molecule has 162 valence electrons. The first kappa shape index (κ1) is 20.9. The second-order valence-corrected chi connectivity index (χ2v) is 7.56. The number of carboxylic acids is 1. The molecular formula is C23H24N2O6. The van der Waals surface area contributed by atoms with Gasteiger partial charge in [-0.1, -0.05) is 48.5 Å². The lowest BCUT2D eigenvalue weighted by molar-refractivity contribution is -0.144. The third-order valence-electron chi connectivity index (χ3n) is 5.64. The van der Waals surface area contributed by atoms with Gasteiger partial charge < -0.3 is 24.8 Å². The van der Waals surface area contributed by atoms with Crippen LogP contribution < -0.4 is 5.32 Å². The third kappa shape index (κ3) is 4.54. The minimum absolute atomic E-state index is 0.0887. The van der Waals surface area contributed by atoms with Crippen molar-refractivity contribution in [3.8, 4) is 11.1 Å². The molecular weight excluding hydrogens is 400 g/mol. The Bertz CT molecular complexity index is 940. The van der Waals surface area contributed by atoms with Crippen molar-refractivity contribution in [2.45, 2.75) is 18.4 Å². The van der Waals surface area contributed by atoms with Crippen molar-refractivity contribution in [2.75, 3.05) is 32.9 Å². The van der Waals surface area contributed by atoms with Gasteiger partial charge in [-0.3, -0.25) is 9.59 Å². The number of fused-ring (bicyclic) bond motifs is 3. The van der Waals surface area contributed by atoms with E-state index in [0.717, 1.165) is 22.3 Å². The monoisotopic (exact) mass is 424 g/mol. The van der Waals surface area contributed by atoms with E-state index in [4.69, 9.17) is 9.47 Å². The molecule has 0 aromatic heterocycles. The maximum absolute atomic E-state index is 12.7. The summed E-state index contributed by atoms with van der Waals surface area (Å²) in [6.07, 6.45) is -1.32. The van der Waals surface area contributed by atoms with Crippen molar-refractivity contribution >= 4 is 18.0 Å². The van der Waals surface area contributed by atoms with Gasteiger partial charge in [-0.25, -0.2) is 4.79 Å². The van der Waals surface area contributed by atoms with E-state index in [1.807, 2.05) is 48.5 Å². The number of ether oxygens (including phenoxy) is 2. The Hall–Kier alpha value is -3.39. The molecule has 2 aromatic rings.